The molecule has 1 fully saturated rings. The maximum Gasteiger partial charge on any atom is 0.229 e. The van der Waals surface area contributed by atoms with Crippen LogP contribution in [0.5, 0.6) is 11.5 Å². The molecule has 0 aliphatic carbocycles. The molecule has 9 heteroatoms. The van der Waals surface area contributed by atoms with E-state index in [9.17, 15) is 25.2 Å². The highest BCUT2D eigenvalue weighted by atomic mass is 16.7. The lowest BCUT2D eigenvalue weighted by atomic mass is 9.99. The van der Waals surface area contributed by atoms with Crippen LogP contribution in [0, 0.1) is 6.92 Å². The normalized spacial score (nSPS) is 29.7. The minimum Gasteiger partial charge on any atom is -0.507 e. The highest BCUT2D eigenvalue weighted by Crippen LogP contribution is 2.31. The zero-order valence-corrected chi connectivity index (χ0v) is 13.2. The number of fused-ring (bicyclic) bond motifs is 1. The van der Waals surface area contributed by atoms with Gasteiger partial charge in [-0.25, -0.2) is 0 Å². The molecule has 5 N–H and O–H groups in total. The van der Waals surface area contributed by atoms with Gasteiger partial charge in [0.05, 0.1) is 12.9 Å². The molecule has 2 heterocycles. The zero-order chi connectivity index (χ0) is 18.3. The average molecular weight is 354 g/mol. The lowest BCUT2D eigenvalue weighted by Crippen LogP contribution is -2.60. The van der Waals surface area contributed by atoms with Gasteiger partial charge in [-0.2, -0.15) is 0 Å². The second-order valence-corrected chi connectivity index (χ2v) is 5.88. The molecule has 136 valence electrons. The first-order chi connectivity index (χ1) is 11.8. The first-order valence-corrected chi connectivity index (χ1v) is 7.55. The predicted molar refractivity (Wildman–Crippen MR) is 83.3 cm³/mol. The molecule has 0 unspecified atom stereocenters. The summed E-state index contributed by atoms with van der Waals surface area (Å²) in [5.41, 5.74) is -0.00117. The van der Waals surface area contributed by atoms with Crippen LogP contribution in [-0.2, 0) is 4.74 Å². The average Bonchev–Trinajstić information content (AvgIpc) is 2.58. The summed E-state index contributed by atoms with van der Waals surface area (Å²) in [5.74, 6) is -0.379. The van der Waals surface area contributed by atoms with Crippen molar-refractivity contribution in [1.82, 2.24) is 0 Å². The molecule has 25 heavy (non-hydrogen) atoms. The van der Waals surface area contributed by atoms with Crippen molar-refractivity contribution in [2.24, 2.45) is 0 Å². The Morgan fingerprint density at radius 3 is 2.56 bits per heavy atom. The van der Waals surface area contributed by atoms with Crippen molar-refractivity contribution in [1.29, 1.82) is 0 Å². The van der Waals surface area contributed by atoms with E-state index >= 15 is 0 Å². The standard InChI is InChI=1S/C16H18O9/c1-6-5-23-9-3-7(2-8(18)11(9)12(6)19)24-16-15(22)14(21)13(20)10(4-17)25-16/h2-3,5,10,13-18,20-22H,4H2,1H3/t10-,13-,14+,15-,16-/m1/s1. The van der Waals surface area contributed by atoms with E-state index in [1.165, 1.54) is 12.3 Å². The Morgan fingerprint density at radius 2 is 1.88 bits per heavy atom. The summed E-state index contributed by atoms with van der Waals surface area (Å²) in [4.78, 5) is 12.0. The molecule has 1 aromatic heterocycles. The lowest BCUT2D eigenvalue weighted by Gasteiger charge is -2.39. The molecule has 0 radical (unpaired) electrons. The van der Waals surface area contributed by atoms with E-state index in [2.05, 4.69) is 0 Å². The summed E-state index contributed by atoms with van der Waals surface area (Å²) in [6.45, 7) is 0.949. The number of aryl methyl sites for hydroxylation is 1. The van der Waals surface area contributed by atoms with E-state index < -0.39 is 42.7 Å². The van der Waals surface area contributed by atoms with Crippen LogP contribution < -0.4 is 10.2 Å². The number of aromatic hydroxyl groups is 1. The van der Waals surface area contributed by atoms with Crippen LogP contribution >= 0.6 is 0 Å². The van der Waals surface area contributed by atoms with Crippen molar-refractivity contribution >= 4 is 11.0 Å². The van der Waals surface area contributed by atoms with Crippen molar-refractivity contribution in [2.45, 2.75) is 37.6 Å². The Hall–Kier alpha value is -2.17. The van der Waals surface area contributed by atoms with E-state index in [4.69, 9.17) is 19.0 Å². The summed E-state index contributed by atoms with van der Waals surface area (Å²) < 4.78 is 15.9. The number of benzene rings is 1. The van der Waals surface area contributed by atoms with Crippen molar-refractivity contribution in [3.8, 4) is 11.5 Å². The lowest BCUT2D eigenvalue weighted by molar-refractivity contribution is -0.277. The minimum absolute atomic E-state index is 0.00123. The van der Waals surface area contributed by atoms with Crippen LogP contribution in [0.4, 0.5) is 0 Å². The molecule has 1 aromatic carbocycles. The van der Waals surface area contributed by atoms with Gasteiger partial charge in [0.15, 0.2) is 5.43 Å². The van der Waals surface area contributed by atoms with E-state index in [1.54, 1.807) is 6.92 Å². The molecule has 9 nitrogen and oxygen atoms in total. The number of rotatable bonds is 3. The fourth-order valence-electron chi connectivity index (χ4n) is 2.67. The van der Waals surface area contributed by atoms with Gasteiger partial charge in [0.1, 0.15) is 46.9 Å². The third-order valence-electron chi connectivity index (χ3n) is 4.10. The van der Waals surface area contributed by atoms with Crippen molar-refractivity contribution in [3.05, 3.63) is 34.2 Å². The molecule has 0 bridgehead atoms. The van der Waals surface area contributed by atoms with Gasteiger partial charge < -0.3 is 39.4 Å². The van der Waals surface area contributed by atoms with Gasteiger partial charge in [0, 0.05) is 17.7 Å². The smallest absolute Gasteiger partial charge is 0.229 e. The number of phenolic OH excluding ortho intramolecular Hbond substituents is 1. The maximum absolute atomic E-state index is 12.0. The fraction of sp³-hybridized carbons (Fsp3) is 0.438. The summed E-state index contributed by atoms with van der Waals surface area (Å²) in [6.07, 6.45) is -6.00. The van der Waals surface area contributed by atoms with Gasteiger partial charge >= 0.3 is 0 Å². The molecule has 0 saturated carbocycles. The summed E-state index contributed by atoms with van der Waals surface area (Å²) in [7, 11) is 0. The Balaban J connectivity index is 1.93. The third-order valence-corrected chi connectivity index (χ3v) is 4.10. The van der Waals surface area contributed by atoms with E-state index in [0.29, 0.717) is 5.56 Å². The fourth-order valence-corrected chi connectivity index (χ4v) is 2.67. The number of ether oxygens (including phenoxy) is 2. The number of phenols is 1. The summed E-state index contributed by atoms with van der Waals surface area (Å²) in [5, 5.41) is 48.7. The van der Waals surface area contributed by atoms with Crippen molar-refractivity contribution in [2.75, 3.05) is 6.61 Å². The minimum atomic E-state index is -1.60. The first-order valence-electron chi connectivity index (χ1n) is 7.55. The van der Waals surface area contributed by atoms with Gasteiger partial charge in [0.25, 0.3) is 0 Å². The molecule has 1 saturated heterocycles. The van der Waals surface area contributed by atoms with Crippen LogP contribution in [0.1, 0.15) is 5.56 Å². The highest BCUT2D eigenvalue weighted by molar-refractivity contribution is 5.85. The Bertz CT molecular complexity index is 828. The molecule has 2 aromatic rings. The summed E-state index contributed by atoms with van der Waals surface area (Å²) >= 11 is 0. The molecule has 0 amide bonds. The molecule has 1 aliphatic heterocycles. The molecule has 5 atom stereocenters. The second kappa shape index (κ2) is 6.62. The molecular formula is C16H18O9. The number of aliphatic hydroxyl groups is 4. The maximum atomic E-state index is 12.0. The number of hydrogen-bond acceptors (Lipinski definition) is 9. The van der Waals surface area contributed by atoms with Crippen molar-refractivity contribution < 1.29 is 39.4 Å². The second-order valence-electron chi connectivity index (χ2n) is 5.88. The van der Waals surface area contributed by atoms with Crippen LogP contribution in [0.15, 0.2) is 27.6 Å². The third kappa shape index (κ3) is 3.08. The van der Waals surface area contributed by atoms with E-state index in [0.717, 1.165) is 6.07 Å². The van der Waals surface area contributed by atoms with E-state index in [1.807, 2.05) is 0 Å². The Kier molecular flexibility index (Phi) is 4.67. The van der Waals surface area contributed by atoms with Crippen LogP contribution in [-0.4, -0.2) is 62.8 Å². The first kappa shape index (κ1) is 17.6. The molecule has 1 aliphatic rings. The van der Waals surface area contributed by atoms with Gasteiger partial charge in [-0.1, -0.05) is 0 Å². The van der Waals surface area contributed by atoms with Gasteiger partial charge in [-0.15, -0.1) is 0 Å². The van der Waals surface area contributed by atoms with E-state index in [-0.39, 0.29) is 22.5 Å². The van der Waals surface area contributed by atoms with Crippen molar-refractivity contribution in [3.63, 3.8) is 0 Å². The molecular weight excluding hydrogens is 336 g/mol. The quantitative estimate of drug-likeness (QED) is 0.467. The SMILES string of the molecule is Cc1coc2cc(O[C@@H]3O[C@H](CO)[C@@H](O)[C@H](O)[C@H]3O)cc(O)c2c1=O. The van der Waals surface area contributed by atoms with Gasteiger partial charge in [-0.3, -0.25) is 4.79 Å². The van der Waals surface area contributed by atoms with Crippen LogP contribution in [0.3, 0.4) is 0 Å². The monoisotopic (exact) mass is 354 g/mol. The van der Waals surface area contributed by atoms with Crippen LogP contribution in [0.2, 0.25) is 0 Å². The largest absolute Gasteiger partial charge is 0.507 e. The molecule has 3 rings (SSSR count). The Labute approximate surface area is 141 Å². The number of hydrogen-bond donors (Lipinski definition) is 5. The summed E-state index contributed by atoms with van der Waals surface area (Å²) in [6, 6.07) is 2.46. The number of aliphatic hydroxyl groups excluding tert-OH is 4. The topological polar surface area (TPSA) is 150 Å². The molecule has 0 spiro atoms. The van der Waals surface area contributed by atoms with Gasteiger partial charge in [0.2, 0.25) is 6.29 Å². The Morgan fingerprint density at radius 1 is 1.16 bits per heavy atom. The highest BCUT2D eigenvalue weighted by Gasteiger charge is 2.44. The zero-order valence-electron chi connectivity index (χ0n) is 13.2. The van der Waals surface area contributed by atoms with Crippen LogP contribution in [0.25, 0.3) is 11.0 Å². The predicted octanol–water partition coefficient (Wildman–Crippen LogP) is -1.01. The van der Waals surface area contributed by atoms with Gasteiger partial charge in [-0.05, 0) is 6.92 Å².